The van der Waals surface area contributed by atoms with Gasteiger partial charge in [0.2, 0.25) is 11.8 Å². The van der Waals surface area contributed by atoms with Crippen LogP contribution in [0.3, 0.4) is 0 Å². The second-order valence-corrected chi connectivity index (χ2v) is 13.3. The molecule has 2 aliphatic heterocycles. The second kappa shape index (κ2) is 22.6. The Morgan fingerprint density at radius 3 is 2.00 bits per heavy atom. The van der Waals surface area contributed by atoms with Gasteiger partial charge in [0.1, 0.15) is 79.3 Å². The maximum absolute atomic E-state index is 12.5. The molecule has 13 N–H and O–H groups in total. The van der Waals surface area contributed by atoms with Gasteiger partial charge in [-0.05, 0) is 13.8 Å². The number of rotatable bonds is 23. The fourth-order valence-corrected chi connectivity index (χ4v) is 5.89. The van der Waals surface area contributed by atoms with E-state index in [-0.39, 0.29) is 0 Å². The van der Waals surface area contributed by atoms with Crippen LogP contribution in [0.15, 0.2) is 0 Å². The summed E-state index contributed by atoms with van der Waals surface area (Å²) in [5.41, 5.74) is 0. The lowest BCUT2D eigenvalue weighted by Gasteiger charge is -2.48. The van der Waals surface area contributed by atoms with Crippen molar-refractivity contribution in [1.29, 1.82) is 0 Å². The molecule has 0 aromatic rings. The number of aliphatic carboxylic acids is 1. The van der Waals surface area contributed by atoms with Gasteiger partial charge in [-0.3, -0.25) is 9.59 Å². The average Bonchev–Trinajstić information content (AvgIpc) is 3.14. The van der Waals surface area contributed by atoms with Gasteiger partial charge in [0.25, 0.3) is 5.79 Å². The van der Waals surface area contributed by atoms with Crippen LogP contribution in [0.25, 0.3) is 0 Å². The molecule has 0 bridgehead atoms. The van der Waals surface area contributed by atoms with Gasteiger partial charge < -0.3 is 100.0 Å². The summed E-state index contributed by atoms with van der Waals surface area (Å²) in [4.78, 5) is 36.2. The first-order chi connectivity index (χ1) is 25.8. The Labute approximate surface area is 316 Å². The van der Waals surface area contributed by atoms with Crippen LogP contribution < -0.4 is 10.6 Å². The fourth-order valence-electron chi connectivity index (χ4n) is 5.89. The molecular weight excluding hydrogens is 748 g/mol. The number of amides is 2. The molecule has 0 aromatic carbocycles. The number of hydrogen-bond acceptors (Lipinski definition) is 20. The molecule has 2 saturated heterocycles. The maximum Gasteiger partial charge on any atom is 0.364 e. The van der Waals surface area contributed by atoms with Gasteiger partial charge in [-0.1, -0.05) is 6.92 Å². The minimum atomic E-state index is -2.60. The lowest BCUT2D eigenvalue weighted by molar-refractivity contribution is -0.344. The highest BCUT2D eigenvalue weighted by molar-refractivity contribution is 5.75. The summed E-state index contributed by atoms with van der Waals surface area (Å²) in [5.74, 6) is -5.61. The summed E-state index contributed by atoms with van der Waals surface area (Å²) >= 11 is 0. The normalized spacial score (nSPS) is 33.0. The number of carbonyl (C=O) groups excluding carboxylic acids is 2. The molecule has 0 aliphatic carbocycles. The standard InChI is InChI=1S/C32H58N2O21/c1-6-32(31(47)48,55-19(7-33-15(4)40)23(43)18(42)9-36)49-12-17(8-35)51-29(13(2)39)54-28-21(11-38)52-30(22(25(28)45)34-16(5)41)53-27-14(3)50-20(10-37)24(44)26(27)46/h13-14,17-30,35-39,42-46H,6-12H2,1-5H3,(H,33,40)(H,34,41)(H,47,48)/t13?,14-,17?,18?,19?,20?,21?,22?,23-,24-,25?,26?,27?,28-,29+,30+,32-/m1/s1. The van der Waals surface area contributed by atoms with E-state index in [0.29, 0.717) is 0 Å². The molecule has 2 heterocycles. The van der Waals surface area contributed by atoms with E-state index in [9.17, 15) is 70.6 Å². The molecule has 17 atom stereocenters. The van der Waals surface area contributed by atoms with Crippen molar-refractivity contribution in [3.05, 3.63) is 0 Å². The molecule has 0 aromatic heterocycles. The van der Waals surface area contributed by atoms with Crippen LogP contribution in [0.1, 0.15) is 41.0 Å². The van der Waals surface area contributed by atoms with E-state index in [1.165, 1.54) is 20.8 Å². The van der Waals surface area contributed by atoms with Gasteiger partial charge in [-0.15, -0.1) is 0 Å². The van der Waals surface area contributed by atoms with E-state index in [1.807, 2.05) is 0 Å². The Morgan fingerprint density at radius 2 is 1.51 bits per heavy atom. The van der Waals surface area contributed by atoms with Crippen molar-refractivity contribution in [2.75, 3.05) is 39.6 Å². The largest absolute Gasteiger partial charge is 0.477 e. The lowest BCUT2D eigenvalue weighted by atomic mass is 9.94. The molecule has 55 heavy (non-hydrogen) atoms. The summed E-state index contributed by atoms with van der Waals surface area (Å²) in [6.45, 7) is 1.61. The predicted molar refractivity (Wildman–Crippen MR) is 179 cm³/mol. The van der Waals surface area contributed by atoms with Crippen molar-refractivity contribution >= 4 is 17.8 Å². The van der Waals surface area contributed by atoms with E-state index >= 15 is 0 Å². The third-order valence-electron chi connectivity index (χ3n) is 8.98. The van der Waals surface area contributed by atoms with Crippen LogP contribution in [0.2, 0.25) is 0 Å². The third kappa shape index (κ3) is 13.1. The Morgan fingerprint density at radius 1 is 0.873 bits per heavy atom. The predicted octanol–water partition coefficient (Wildman–Crippen LogP) is -6.63. The summed E-state index contributed by atoms with van der Waals surface area (Å²) in [6, 6.07) is -1.48. The molecule has 10 unspecified atom stereocenters. The molecule has 2 rings (SSSR count). The zero-order valence-electron chi connectivity index (χ0n) is 31.2. The first kappa shape index (κ1) is 48.9. The minimum Gasteiger partial charge on any atom is -0.477 e. The van der Waals surface area contributed by atoms with E-state index in [4.69, 9.17) is 33.2 Å². The number of aliphatic hydroxyl groups is 10. The number of carbonyl (C=O) groups is 3. The number of carboxylic acid groups (broad SMARTS) is 1. The van der Waals surface area contributed by atoms with Gasteiger partial charge in [0.05, 0.1) is 39.1 Å². The second-order valence-electron chi connectivity index (χ2n) is 13.3. The fraction of sp³-hybridized carbons (Fsp3) is 0.906. The molecule has 0 radical (unpaired) electrons. The molecule has 23 heteroatoms. The van der Waals surface area contributed by atoms with Crippen LogP contribution in [0.5, 0.6) is 0 Å². The summed E-state index contributed by atoms with van der Waals surface area (Å²) in [6.07, 6.45) is -23.7. The number of aliphatic hydroxyl groups excluding tert-OH is 10. The third-order valence-corrected chi connectivity index (χ3v) is 8.98. The molecule has 0 spiro atoms. The highest BCUT2D eigenvalue weighted by atomic mass is 16.8. The monoisotopic (exact) mass is 806 g/mol. The van der Waals surface area contributed by atoms with Gasteiger partial charge in [-0.25, -0.2) is 4.79 Å². The quantitative estimate of drug-likeness (QED) is 0.0427. The molecule has 23 nitrogen and oxygen atoms in total. The van der Waals surface area contributed by atoms with Gasteiger partial charge in [0, 0.05) is 26.8 Å². The van der Waals surface area contributed by atoms with Gasteiger partial charge >= 0.3 is 5.97 Å². The SMILES string of the molecule is CC[C@@](OCC(CO)O[C@@H](O[C@@H]1C(CO)O[C@@H](OC2C(O)[C@H](O)C(CO)O[C@@H]2C)C(NC(C)=O)C1O)C(C)O)(OC(CNC(C)=O)[C@H](O)C(O)CO)C(=O)O. The maximum atomic E-state index is 12.5. The Hall–Kier alpha value is -2.27. The number of nitrogens with one attached hydrogen (secondary N) is 2. The Balaban J connectivity index is 2.30. The zero-order chi connectivity index (χ0) is 41.8. The highest BCUT2D eigenvalue weighted by Crippen LogP contribution is 2.31. The van der Waals surface area contributed by atoms with Crippen molar-refractivity contribution in [2.24, 2.45) is 0 Å². The number of carboxylic acids is 1. The minimum absolute atomic E-state index is 0.448. The average molecular weight is 807 g/mol. The molecule has 0 saturated carbocycles. The molecular formula is C32H58N2O21. The lowest BCUT2D eigenvalue weighted by Crippen LogP contribution is -2.68. The smallest absolute Gasteiger partial charge is 0.364 e. The van der Waals surface area contributed by atoms with Gasteiger partial charge in [-0.2, -0.15) is 0 Å². The topological polar surface area (TPSA) is 362 Å². The summed E-state index contributed by atoms with van der Waals surface area (Å²) in [5, 5.41) is 118. The zero-order valence-corrected chi connectivity index (χ0v) is 31.2. The van der Waals surface area contributed by atoms with Crippen LogP contribution in [0, 0.1) is 0 Å². The summed E-state index contributed by atoms with van der Waals surface area (Å²) in [7, 11) is 0. The van der Waals surface area contributed by atoms with E-state index < -0.39 is 168 Å². The Kier molecular flexibility index (Phi) is 20.1. The molecule has 322 valence electrons. The molecule has 2 amide bonds. The van der Waals surface area contributed by atoms with E-state index in [0.717, 1.165) is 13.8 Å². The van der Waals surface area contributed by atoms with Crippen LogP contribution >= 0.6 is 0 Å². The first-order valence-electron chi connectivity index (χ1n) is 17.7. The van der Waals surface area contributed by atoms with E-state index in [1.54, 1.807) is 0 Å². The summed E-state index contributed by atoms with van der Waals surface area (Å²) < 4.78 is 39.9. The van der Waals surface area contributed by atoms with Crippen LogP contribution in [-0.2, 0) is 47.5 Å². The van der Waals surface area contributed by atoms with Crippen LogP contribution in [-0.4, -0.2) is 217 Å². The first-order valence-corrected chi connectivity index (χ1v) is 17.7. The van der Waals surface area contributed by atoms with Crippen molar-refractivity contribution in [3.8, 4) is 0 Å². The van der Waals surface area contributed by atoms with Gasteiger partial charge in [0.15, 0.2) is 12.6 Å². The molecule has 2 fully saturated rings. The Bertz CT molecular complexity index is 1190. The van der Waals surface area contributed by atoms with Crippen molar-refractivity contribution in [2.45, 2.75) is 145 Å². The van der Waals surface area contributed by atoms with Crippen LogP contribution in [0.4, 0.5) is 0 Å². The van der Waals surface area contributed by atoms with E-state index in [2.05, 4.69) is 10.6 Å². The highest BCUT2D eigenvalue weighted by Gasteiger charge is 2.52. The van der Waals surface area contributed by atoms with Crippen molar-refractivity contribution in [3.63, 3.8) is 0 Å². The number of ether oxygens (including phenoxy) is 7. The molecule has 2 aliphatic rings. The number of hydrogen-bond donors (Lipinski definition) is 13. The van der Waals surface area contributed by atoms with Crippen molar-refractivity contribution in [1.82, 2.24) is 10.6 Å². The van der Waals surface area contributed by atoms with Crippen molar-refractivity contribution < 1.29 is 104 Å².